The second-order valence-corrected chi connectivity index (χ2v) is 6.60. The maximum absolute atomic E-state index is 11.8. The Hall–Kier alpha value is -0.650. The van der Waals surface area contributed by atoms with Gasteiger partial charge in [0.2, 0.25) is 5.91 Å². The number of nitrogens with one attached hydrogen (secondary N) is 1. The second kappa shape index (κ2) is 8.60. The molecule has 5 nitrogen and oxygen atoms in total. The van der Waals surface area contributed by atoms with Crippen molar-refractivity contribution in [1.29, 1.82) is 0 Å². The van der Waals surface area contributed by atoms with Crippen LogP contribution in [0.25, 0.3) is 0 Å². The van der Waals surface area contributed by atoms with E-state index in [1.165, 1.54) is 12.8 Å². The van der Waals surface area contributed by atoms with Gasteiger partial charge in [0.1, 0.15) is 0 Å². The molecule has 1 fully saturated rings. The Labute approximate surface area is 123 Å². The number of rotatable bonds is 7. The highest BCUT2D eigenvalue weighted by Crippen LogP contribution is 2.16. The molecule has 1 amide bonds. The van der Waals surface area contributed by atoms with Crippen LogP contribution in [0.15, 0.2) is 0 Å². The molecule has 1 aliphatic rings. The van der Waals surface area contributed by atoms with Crippen LogP contribution in [-0.4, -0.2) is 68.6 Å². The van der Waals surface area contributed by atoms with E-state index < -0.39 is 0 Å². The van der Waals surface area contributed by atoms with Gasteiger partial charge in [0.05, 0.1) is 6.04 Å². The standard InChI is InChI=1S/C15H32N4O/c1-12(2)14(16)15(20)17-11-13-5-7-19(8-6-13)10-9-18(3)4/h12-14H,5-11,16H2,1-4H3,(H,17,20)/t14-/m0/s1. The molecule has 118 valence electrons. The van der Waals surface area contributed by atoms with Gasteiger partial charge in [0.25, 0.3) is 0 Å². The maximum atomic E-state index is 11.8. The second-order valence-electron chi connectivity index (χ2n) is 6.60. The average molecular weight is 284 g/mol. The lowest BCUT2D eigenvalue weighted by molar-refractivity contribution is -0.123. The van der Waals surface area contributed by atoms with E-state index in [2.05, 4.69) is 29.2 Å². The molecule has 1 saturated heterocycles. The van der Waals surface area contributed by atoms with Crippen molar-refractivity contribution in [1.82, 2.24) is 15.1 Å². The molecule has 1 heterocycles. The highest BCUT2D eigenvalue weighted by atomic mass is 16.2. The van der Waals surface area contributed by atoms with Gasteiger partial charge < -0.3 is 20.9 Å². The van der Waals surface area contributed by atoms with Crippen LogP contribution in [0.1, 0.15) is 26.7 Å². The molecule has 0 bridgehead atoms. The number of likely N-dealkylation sites (N-methyl/N-ethyl adjacent to an activating group) is 1. The summed E-state index contributed by atoms with van der Waals surface area (Å²) in [5, 5.41) is 3.01. The van der Waals surface area contributed by atoms with E-state index in [0.29, 0.717) is 5.92 Å². The Morgan fingerprint density at radius 3 is 2.45 bits per heavy atom. The number of carbonyl (C=O) groups is 1. The van der Waals surface area contributed by atoms with Crippen LogP contribution < -0.4 is 11.1 Å². The summed E-state index contributed by atoms with van der Waals surface area (Å²) in [5.74, 6) is 0.798. The molecule has 0 saturated carbocycles. The summed E-state index contributed by atoms with van der Waals surface area (Å²) in [6.45, 7) is 9.28. The van der Waals surface area contributed by atoms with Gasteiger partial charge in [0, 0.05) is 19.6 Å². The third kappa shape index (κ3) is 6.20. The summed E-state index contributed by atoms with van der Waals surface area (Å²) in [4.78, 5) is 16.6. The summed E-state index contributed by atoms with van der Waals surface area (Å²) in [5.41, 5.74) is 5.84. The van der Waals surface area contributed by atoms with E-state index in [1.807, 2.05) is 13.8 Å². The molecule has 0 aromatic rings. The number of hydrogen-bond donors (Lipinski definition) is 2. The summed E-state index contributed by atoms with van der Waals surface area (Å²) in [7, 11) is 4.22. The van der Waals surface area contributed by atoms with Gasteiger partial charge in [0.15, 0.2) is 0 Å². The topological polar surface area (TPSA) is 61.6 Å². The van der Waals surface area contributed by atoms with Gasteiger partial charge in [-0.3, -0.25) is 4.79 Å². The van der Waals surface area contributed by atoms with Gasteiger partial charge in [-0.25, -0.2) is 0 Å². The fraction of sp³-hybridized carbons (Fsp3) is 0.933. The first-order valence-corrected chi connectivity index (χ1v) is 7.80. The minimum absolute atomic E-state index is 0.00460. The van der Waals surface area contributed by atoms with Gasteiger partial charge in [-0.05, 0) is 51.9 Å². The minimum atomic E-state index is -0.379. The van der Waals surface area contributed by atoms with Crippen LogP contribution in [0.3, 0.4) is 0 Å². The number of piperidine rings is 1. The van der Waals surface area contributed by atoms with Crippen molar-refractivity contribution in [2.24, 2.45) is 17.6 Å². The summed E-state index contributed by atoms with van der Waals surface area (Å²) < 4.78 is 0. The summed E-state index contributed by atoms with van der Waals surface area (Å²) >= 11 is 0. The molecule has 0 aliphatic carbocycles. The molecule has 5 heteroatoms. The van der Waals surface area contributed by atoms with Crippen LogP contribution >= 0.6 is 0 Å². The van der Waals surface area contributed by atoms with Gasteiger partial charge in [-0.2, -0.15) is 0 Å². The lowest BCUT2D eigenvalue weighted by Gasteiger charge is -2.32. The fourth-order valence-electron chi connectivity index (χ4n) is 2.42. The Kier molecular flexibility index (Phi) is 7.48. The summed E-state index contributed by atoms with van der Waals surface area (Å²) in [6.07, 6.45) is 2.34. The number of hydrogen-bond acceptors (Lipinski definition) is 4. The van der Waals surface area contributed by atoms with Crippen molar-refractivity contribution in [3.8, 4) is 0 Å². The Balaban J connectivity index is 2.18. The van der Waals surface area contributed by atoms with Crippen molar-refractivity contribution in [3.63, 3.8) is 0 Å². The molecule has 0 unspecified atom stereocenters. The van der Waals surface area contributed by atoms with Gasteiger partial charge in [-0.1, -0.05) is 13.8 Å². The predicted octanol–water partition coefficient (Wildman–Crippen LogP) is 0.360. The molecule has 1 atom stereocenters. The van der Waals surface area contributed by atoms with Crippen molar-refractivity contribution >= 4 is 5.91 Å². The van der Waals surface area contributed by atoms with E-state index in [-0.39, 0.29) is 17.9 Å². The molecule has 0 aromatic heterocycles. The highest BCUT2D eigenvalue weighted by Gasteiger charge is 2.21. The van der Waals surface area contributed by atoms with Gasteiger partial charge >= 0.3 is 0 Å². The third-order valence-electron chi connectivity index (χ3n) is 4.16. The smallest absolute Gasteiger partial charge is 0.237 e. The predicted molar refractivity (Wildman–Crippen MR) is 83.5 cm³/mol. The first kappa shape index (κ1) is 17.4. The normalized spacial score (nSPS) is 19.6. The molecule has 3 N–H and O–H groups in total. The fourth-order valence-corrected chi connectivity index (χ4v) is 2.42. The number of carbonyl (C=O) groups excluding carboxylic acids is 1. The van der Waals surface area contributed by atoms with Crippen molar-refractivity contribution in [2.45, 2.75) is 32.7 Å². The Morgan fingerprint density at radius 2 is 1.95 bits per heavy atom. The minimum Gasteiger partial charge on any atom is -0.354 e. The van der Waals surface area contributed by atoms with Crippen molar-refractivity contribution in [2.75, 3.05) is 46.8 Å². The van der Waals surface area contributed by atoms with Gasteiger partial charge in [-0.15, -0.1) is 0 Å². The van der Waals surface area contributed by atoms with Crippen LogP contribution in [0.4, 0.5) is 0 Å². The number of likely N-dealkylation sites (tertiary alicyclic amines) is 1. The quantitative estimate of drug-likeness (QED) is 0.709. The zero-order chi connectivity index (χ0) is 15.1. The monoisotopic (exact) mass is 284 g/mol. The molecule has 0 radical (unpaired) electrons. The number of nitrogens with zero attached hydrogens (tertiary/aromatic N) is 2. The molecular formula is C15H32N4O. The lowest BCUT2D eigenvalue weighted by Crippen LogP contribution is -2.47. The van der Waals surface area contributed by atoms with Crippen molar-refractivity contribution in [3.05, 3.63) is 0 Å². The number of nitrogens with two attached hydrogens (primary N) is 1. The molecule has 1 rings (SSSR count). The van der Waals surface area contributed by atoms with E-state index in [9.17, 15) is 4.79 Å². The Bertz CT molecular complexity index is 286. The van der Waals surface area contributed by atoms with E-state index in [4.69, 9.17) is 5.73 Å². The maximum Gasteiger partial charge on any atom is 0.237 e. The molecule has 20 heavy (non-hydrogen) atoms. The number of amides is 1. The van der Waals surface area contributed by atoms with Crippen LogP contribution in [0.5, 0.6) is 0 Å². The Morgan fingerprint density at radius 1 is 1.35 bits per heavy atom. The van der Waals surface area contributed by atoms with E-state index in [0.717, 1.165) is 32.7 Å². The highest BCUT2D eigenvalue weighted by molar-refractivity contribution is 5.81. The molecular weight excluding hydrogens is 252 g/mol. The zero-order valence-corrected chi connectivity index (χ0v) is 13.6. The average Bonchev–Trinajstić information content (AvgIpc) is 2.42. The van der Waals surface area contributed by atoms with Crippen molar-refractivity contribution < 1.29 is 4.79 Å². The third-order valence-corrected chi connectivity index (χ3v) is 4.16. The summed E-state index contributed by atoms with van der Waals surface area (Å²) in [6, 6.07) is -0.379. The first-order chi connectivity index (χ1) is 9.40. The van der Waals surface area contributed by atoms with E-state index in [1.54, 1.807) is 0 Å². The van der Waals surface area contributed by atoms with Crippen LogP contribution in [-0.2, 0) is 4.79 Å². The molecule has 0 spiro atoms. The van der Waals surface area contributed by atoms with Crippen LogP contribution in [0.2, 0.25) is 0 Å². The first-order valence-electron chi connectivity index (χ1n) is 7.80. The molecule has 0 aromatic carbocycles. The van der Waals surface area contributed by atoms with Crippen LogP contribution in [0, 0.1) is 11.8 Å². The lowest BCUT2D eigenvalue weighted by atomic mass is 9.96. The molecule has 1 aliphatic heterocycles. The largest absolute Gasteiger partial charge is 0.354 e. The van der Waals surface area contributed by atoms with E-state index >= 15 is 0 Å². The zero-order valence-electron chi connectivity index (χ0n) is 13.6. The SMILES string of the molecule is CC(C)[C@H](N)C(=O)NCC1CCN(CCN(C)C)CC1.